The number of hydrogen-bond acceptors (Lipinski definition) is 6. The summed E-state index contributed by atoms with van der Waals surface area (Å²) in [4.78, 5) is 0. The van der Waals surface area contributed by atoms with Crippen LogP contribution in [0.5, 0.6) is 5.75 Å². The number of alkyl halides is 5. The molecular weight excluding hydrogens is 537 g/mol. The fraction of sp³-hybridized carbons (Fsp3) is 0.480. The van der Waals surface area contributed by atoms with E-state index in [9.17, 15) is 27.1 Å². The highest BCUT2D eigenvalue weighted by Crippen LogP contribution is 2.80. The van der Waals surface area contributed by atoms with Gasteiger partial charge in [-0.3, -0.25) is 0 Å². The number of benzene rings is 2. The molecule has 39 heavy (non-hydrogen) atoms. The molecule has 2 bridgehead atoms. The van der Waals surface area contributed by atoms with Crippen LogP contribution in [0.1, 0.15) is 30.4 Å². The highest BCUT2D eigenvalue weighted by Gasteiger charge is 2.82. The summed E-state index contributed by atoms with van der Waals surface area (Å²) < 4.78 is 110. The Morgan fingerprint density at radius 3 is 2.23 bits per heavy atom. The van der Waals surface area contributed by atoms with Crippen molar-refractivity contribution in [3.8, 4) is 5.75 Å². The number of hydrogen-bond donors (Lipinski definition) is 1. The number of aliphatic hydroxyl groups is 1. The minimum absolute atomic E-state index is 0.0340. The lowest BCUT2D eigenvalue weighted by Gasteiger charge is -2.74. The predicted octanol–water partition coefficient (Wildman–Crippen LogP) is 4.55. The summed E-state index contributed by atoms with van der Waals surface area (Å²) in [6.07, 6.45) is -5.80. The molecule has 3 aliphatic rings. The summed E-state index contributed by atoms with van der Waals surface area (Å²) in [5.41, 5.74) is -5.51. The zero-order valence-electron chi connectivity index (χ0n) is 20.4. The van der Waals surface area contributed by atoms with Crippen molar-refractivity contribution in [2.75, 3.05) is 13.7 Å². The molecular formula is C25H23F7N4O3. The Balaban J connectivity index is 1.34. The Kier molecular flexibility index (Phi) is 6.41. The van der Waals surface area contributed by atoms with Crippen molar-refractivity contribution in [2.45, 2.75) is 55.0 Å². The van der Waals surface area contributed by atoms with Gasteiger partial charge in [-0.25, -0.2) is 22.2 Å². The summed E-state index contributed by atoms with van der Waals surface area (Å²) in [7, 11) is 0.924. The first-order valence-electron chi connectivity index (χ1n) is 11.8. The van der Waals surface area contributed by atoms with Crippen molar-refractivity contribution in [2.24, 2.45) is 5.41 Å². The number of tetrazole rings is 1. The molecule has 0 aliphatic heterocycles. The third kappa shape index (κ3) is 4.33. The topological polar surface area (TPSA) is 82.3 Å². The van der Waals surface area contributed by atoms with E-state index in [-0.39, 0.29) is 25.0 Å². The molecule has 3 aromatic rings. The molecule has 0 saturated heterocycles. The number of aromatic nitrogens is 4. The van der Waals surface area contributed by atoms with Gasteiger partial charge in [0.2, 0.25) is 0 Å². The second kappa shape index (κ2) is 9.15. The van der Waals surface area contributed by atoms with E-state index in [0.717, 1.165) is 30.3 Å². The third-order valence-electron chi connectivity index (χ3n) is 7.89. The van der Waals surface area contributed by atoms with Crippen LogP contribution in [0.15, 0.2) is 48.8 Å². The van der Waals surface area contributed by atoms with E-state index in [1.807, 2.05) is 0 Å². The van der Waals surface area contributed by atoms with Crippen molar-refractivity contribution < 1.29 is 45.3 Å². The van der Waals surface area contributed by atoms with E-state index in [0.29, 0.717) is 11.6 Å². The largest absolute Gasteiger partial charge is 0.491 e. The summed E-state index contributed by atoms with van der Waals surface area (Å²) in [5, 5.41) is 21.7. The van der Waals surface area contributed by atoms with Gasteiger partial charge in [0.25, 0.3) is 5.92 Å². The van der Waals surface area contributed by atoms with Gasteiger partial charge in [-0.05, 0) is 64.9 Å². The Morgan fingerprint density at radius 2 is 1.69 bits per heavy atom. The molecule has 2 atom stereocenters. The molecule has 1 heterocycles. The molecule has 0 radical (unpaired) electrons. The van der Waals surface area contributed by atoms with Crippen LogP contribution in [0.3, 0.4) is 0 Å². The van der Waals surface area contributed by atoms with Crippen molar-refractivity contribution in [1.29, 1.82) is 0 Å². The molecule has 3 saturated carbocycles. The molecule has 3 aliphatic carbocycles. The average molecular weight is 560 g/mol. The van der Waals surface area contributed by atoms with Gasteiger partial charge in [0, 0.05) is 24.2 Å². The van der Waals surface area contributed by atoms with Crippen LogP contribution in [0.4, 0.5) is 30.7 Å². The van der Waals surface area contributed by atoms with Gasteiger partial charge < -0.3 is 14.6 Å². The van der Waals surface area contributed by atoms with Crippen LogP contribution in [0, 0.1) is 17.0 Å². The number of methoxy groups -OCH3 is 1. The summed E-state index contributed by atoms with van der Waals surface area (Å²) in [6, 6.07) is 8.09. The Morgan fingerprint density at radius 1 is 1.03 bits per heavy atom. The van der Waals surface area contributed by atoms with E-state index in [1.165, 1.54) is 12.1 Å². The highest BCUT2D eigenvalue weighted by molar-refractivity contribution is 5.44. The summed E-state index contributed by atoms with van der Waals surface area (Å²) in [6.45, 7) is -1.63. The van der Waals surface area contributed by atoms with Gasteiger partial charge in [0.05, 0.1) is 6.54 Å². The first kappa shape index (κ1) is 27.3. The minimum atomic E-state index is -4.59. The van der Waals surface area contributed by atoms with Gasteiger partial charge in [-0.1, -0.05) is 12.1 Å². The molecule has 1 N–H and O–H groups in total. The van der Waals surface area contributed by atoms with Crippen molar-refractivity contribution in [1.82, 2.24) is 20.2 Å². The molecule has 7 nitrogen and oxygen atoms in total. The van der Waals surface area contributed by atoms with Crippen LogP contribution in [0.25, 0.3) is 0 Å². The second-order valence-corrected chi connectivity index (χ2v) is 10.3. The zero-order valence-corrected chi connectivity index (χ0v) is 20.4. The second-order valence-electron chi connectivity index (χ2n) is 10.3. The quantitative estimate of drug-likeness (QED) is 0.367. The molecule has 6 rings (SSSR count). The number of rotatable bonds is 10. The fourth-order valence-electron chi connectivity index (χ4n) is 5.90. The summed E-state index contributed by atoms with van der Waals surface area (Å²) in [5.74, 6) is -6.04. The Bertz CT molecular complexity index is 1310. The molecule has 1 aromatic heterocycles. The lowest BCUT2D eigenvalue weighted by molar-refractivity contribution is -0.347. The van der Waals surface area contributed by atoms with E-state index in [2.05, 4.69) is 20.3 Å². The monoisotopic (exact) mass is 560 g/mol. The number of halogens is 7. The average Bonchev–Trinajstić information content (AvgIpc) is 3.30. The van der Waals surface area contributed by atoms with Crippen LogP contribution in [-0.2, 0) is 22.3 Å². The summed E-state index contributed by atoms with van der Waals surface area (Å²) >= 11 is 0. The van der Waals surface area contributed by atoms with Crippen molar-refractivity contribution in [3.05, 3.63) is 71.6 Å². The van der Waals surface area contributed by atoms with E-state index < -0.39 is 65.0 Å². The lowest BCUT2D eigenvalue weighted by Crippen LogP contribution is -2.76. The van der Waals surface area contributed by atoms with E-state index >= 15 is 8.78 Å². The van der Waals surface area contributed by atoms with Crippen molar-refractivity contribution >= 4 is 0 Å². The first-order chi connectivity index (χ1) is 18.3. The van der Waals surface area contributed by atoms with Gasteiger partial charge in [0.1, 0.15) is 30.3 Å². The van der Waals surface area contributed by atoms with Gasteiger partial charge in [-0.15, -0.1) is 5.10 Å². The van der Waals surface area contributed by atoms with Crippen molar-refractivity contribution in [3.63, 3.8) is 0 Å². The molecule has 0 amide bonds. The maximum atomic E-state index is 16.2. The molecule has 210 valence electrons. The lowest BCUT2D eigenvalue weighted by atomic mass is 9.30. The number of ether oxygens (including phenoxy) is 2. The first-order valence-corrected chi connectivity index (χ1v) is 11.8. The van der Waals surface area contributed by atoms with Gasteiger partial charge in [0.15, 0.2) is 11.7 Å². The highest BCUT2D eigenvalue weighted by atomic mass is 19.4. The standard InChI is InChI=1S/C25H23F7N4O3/c1-38-20(24(28,29)30)9-39-17-5-2-15(3-6-17)21-10-22(11-21,12-21)25(31,32)23(37,13-36-14-33-34-35-36)18-7-4-16(26)8-19(18)27/h2-8,14,20,37H,9-13H2,1H3/t20?,21?,22?,23-/m0/s1. The fourth-order valence-corrected chi connectivity index (χ4v) is 5.90. The van der Waals surface area contributed by atoms with Crippen LogP contribution in [-0.4, -0.2) is 57.2 Å². The molecule has 1 unspecified atom stereocenters. The maximum absolute atomic E-state index is 16.2. The molecule has 3 fully saturated rings. The normalized spacial score (nSPS) is 24.8. The third-order valence-corrected chi connectivity index (χ3v) is 7.89. The Hall–Kier alpha value is -3.26. The SMILES string of the molecule is COC(COc1ccc(C23CC(C(F)(F)[C@](O)(Cn4cnnn4)c4ccc(F)cc4F)(C2)C3)cc1)C(F)(F)F. The van der Waals surface area contributed by atoms with Crippen LogP contribution < -0.4 is 4.74 Å². The van der Waals surface area contributed by atoms with E-state index in [1.54, 1.807) is 12.1 Å². The minimum Gasteiger partial charge on any atom is -0.491 e. The van der Waals surface area contributed by atoms with Gasteiger partial charge in [-0.2, -0.15) is 13.2 Å². The smallest absolute Gasteiger partial charge is 0.417 e. The number of nitrogens with zero attached hydrogens (tertiary/aromatic N) is 4. The van der Waals surface area contributed by atoms with Crippen LogP contribution >= 0.6 is 0 Å². The van der Waals surface area contributed by atoms with Gasteiger partial charge >= 0.3 is 6.18 Å². The van der Waals surface area contributed by atoms with Crippen LogP contribution in [0.2, 0.25) is 0 Å². The Labute approximate surface area is 217 Å². The molecule has 0 spiro atoms. The zero-order chi connectivity index (χ0) is 28.3. The maximum Gasteiger partial charge on any atom is 0.417 e. The van der Waals surface area contributed by atoms with E-state index in [4.69, 9.17) is 4.74 Å². The molecule has 2 aromatic carbocycles. The molecule has 14 heteroatoms. The predicted molar refractivity (Wildman–Crippen MR) is 120 cm³/mol.